The first-order valence-corrected chi connectivity index (χ1v) is 8.57. The van der Waals surface area contributed by atoms with Crippen LogP contribution in [0.4, 0.5) is 5.69 Å². The maximum absolute atomic E-state index is 12.0. The summed E-state index contributed by atoms with van der Waals surface area (Å²) in [6, 6.07) is 7.98. The van der Waals surface area contributed by atoms with Gasteiger partial charge < -0.3 is 16.0 Å². The highest BCUT2D eigenvalue weighted by Crippen LogP contribution is 2.27. The largest absolute Gasteiger partial charge is 0.356 e. The van der Waals surface area contributed by atoms with Gasteiger partial charge in [0.25, 0.3) is 0 Å². The van der Waals surface area contributed by atoms with Crippen LogP contribution in [0.1, 0.15) is 44.6 Å². The van der Waals surface area contributed by atoms with E-state index in [0.717, 1.165) is 49.4 Å². The zero-order valence-corrected chi connectivity index (χ0v) is 16.9. The van der Waals surface area contributed by atoms with E-state index in [0.29, 0.717) is 6.54 Å². The van der Waals surface area contributed by atoms with Crippen LogP contribution in [0, 0.1) is 5.92 Å². The SMILES string of the molecule is CCCCNC(=NC)NCc1cccc(NC(=O)C2CCC2)c1.I. The minimum Gasteiger partial charge on any atom is -0.356 e. The second-order valence-electron chi connectivity index (χ2n) is 6.02. The molecule has 1 saturated carbocycles. The molecule has 0 radical (unpaired) electrons. The van der Waals surface area contributed by atoms with Gasteiger partial charge in [-0.3, -0.25) is 9.79 Å². The number of anilines is 1. The number of nitrogens with one attached hydrogen (secondary N) is 3. The van der Waals surface area contributed by atoms with Crippen molar-refractivity contribution in [1.82, 2.24) is 10.6 Å². The quantitative estimate of drug-likeness (QED) is 0.261. The molecule has 0 aliphatic heterocycles. The van der Waals surface area contributed by atoms with Crippen molar-refractivity contribution >= 4 is 41.5 Å². The van der Waals surface area contributed by atoms with Crippen LogP contribution in [-0.2, 0) is 11.3 Å². The topological polar surface area (TPSA) is 65.5 Å². The van der Waals surface area contributed by atoms with E-state index in [2.05, 4.69) is 27.9 Å². The predicted molar refractivity (Wildman–Crippen MR) is 111 cm³/mol. The van der Waals surface area contributed by atoms with Gasteiger partial charge in [-0.15, -0.1) is 24.0 Å². The van der Waals surface area contributed by atoms with E-state index in [-0.39, 0.29) is 35.8 Å². The van der Waals surface area contributed by atoms with E-state index in [9.17, 15) is 4.79 Å². The molecule has 134 valence electrons. The number of guanidine groups is 1. The molecule has 0 spiro atoms. The van der Waals surface area contributed by atoms with E-state index in [4.69, 9.17) is 0 Å². The molecule has 1 aliphatic rings. The maximum Gasteiger partial charge on any atom is 0.227 e. The fourth-order valence-electron chi connectivity index (χ4n) is 2.46. The second-order valence-corrected chi connectivity index (χ2v) is 6.02. The van der Waals surface area contributed by atoms with Crippen LogP contribution in [0.15, 0.2) is 29.3 Å². The first-order chi connectivity index (χ1) is 11.2. The lowest BCUT2D eigenvalue weighted by molar-refractivity contribution is -0.122. The number of carbonyl (C=O) groups is 1. The van der Waals surface area contributed by atoms with Crippen LogP contribution in [0.5, 0.6) is 0 Å². The molecule has 2 rings (SSSR count). The monoisotopic (exact) mass is 444 g/mol. The van der Waals surface area contributed by atoms with Gasteiger partial charge in [0.05, 0.1) is 0 Å². The Bertz CT molecular complexity index is 544. The number of amides is 1. The van der Waals surface area contributed by atoms with Gasteiger partial charge in [0.15, 0.2) is 5.96 Å². The molecule has 24 heavy (non-hydrogen) atoms. The number of rotatable bonds is 7. The van der Waals surface area contributed by atoms with Gasteiger partial charge in [0, 0.05) is 31.7 Å². The molecule has 5 nitrogen and oxygen atoms in total. The molecule has 0 heterocycles. The van der Waals surface area contributed by atoms with Crippen molar-refractivity contribution in [3.05, 3.63) is 29.8 Å². The maximum atomic E-state index is 12.0. The second kappa shape index (κ2) is 11.3. The lowest BCUT2D eigenvalue weighted by Gasteiger charge is -2.24. The van der Waals surface area contributed by atoms with Gasteiger partial charge in [-0.1, -0.05) is 31.9 Å². The molecule has 3 N–H and O–H groups in total. The van der Waals surface area contributed by atoms with Gasteiger partial charge in [-0.05, 0) is 37.0 Å². The summed E-state index contributed by atoms with van der Waals surface area (Å²) in [6.07, 6.45) is 5.50. The number of hydrogen-bond donors (Lipinski definition) is 3. The fourth-order valence-corrected chi connectivity index (χ4v) is 2.46. The average Bonchev–Trinajstić information content (AvgIpc) is 2.49. The van der Waals surface area contributed by atoms with Gasteiger partial charge in [-0.25, -0.2) is 0 Å². The summed E-state index contributed by atoms with van der Waals surface area (Å²) in [4.78, 5) is 16.2. The van der Waals surface area contributed by atoms with E-state index >= 15 is 0 Å². The number of halogens is 1. The lowest BCUT2D eigenvalue weighted by Crippen LogP contribution is -2.37. The summed E-state index contributed by atoms with van der Waals surface area (Å²) in [5.74, 6) is 1.17. The smallest absolute Gasteiger partial charge is 0.227 e. The van der Waals surface area contributed by atoms with Crippen LogP contribution in [0.25, 0.3) is 0 Å². The highest BCUT2D eigenvalue weighted by atomic mass is 127. The number of benzene rings is 1. The van der Waals surface area contributed by atoms with E-state index in [1.165, 1.54) is 6.42 Å². The Morgan fingerprint density at radius 2 is 2.08 bits per heavy atom. The van der Waals surface area contributed by atoms with Crippen LogP contribution in [0.2, 0.25) is 0 Å². The highest BCUT2D eigenvalue weighted by molar-refractivity contribution is 14.0. The predicted octanol–water partition coefficient (Wildman–Crippen LogP) is 3.51. The van der Waals surface area contributed by atoms with E-state index in [1.54, 1.807) is 7.05 Å². The third kappa shape index (κ3) is 6.67. The highest BCUT2D eigenvalue weighted by Gasteiger charge is 2.25. The Hall–Kier alpha value is -1.31. The molecule has 0 unspecified atom stereocenters. The Balaban J connectivity index is 0.00000288. The van der Waals surface area contributed by atoms with Crippen LogP contribution >= 0.6 is 24.0 Å². The van der Waals surface area contributed by atoms with Crippen molar-refractivity contribution in [2.75, 3.05) is 18.9 Å². The third-order valence-electron chi connectivity index (χ3n) is 4.18. The van der Waals surface area contributed by atoms with E-state index in [1.807, 2.05) is 24.3 Å². The van der Waals surface area contributed by atoms with E-state index < -0.39 is 0 Å². The molecule has 0 aromatic heterocycles. The lowest BCUT2D eigenvalue weighted by atomic mass is 9.85. The molecule has 1 amide bonds. The zero-order chi connectivity index (χ0) is 16.5. The van der Waals surface area contributed by atoms with Crippen molar-refractivity contribution in [3.63, 3.8) is 0 Å². The van der Waals surface area contributed by atoms with Crippen molar-refractivity contribution in [2.45, 2.75) is 45.6 Å². The standard InChI is InChI=1S/C18H28N4O.HI/c1-3-4-11-20-18(19-2)21-13-14-7-5-10-16(12-14)22-17(23)15-8-6-9-15;/h5,7,10,12,15H,3-4,6,8-9,11,13H2,1-2H3,(H,22,23)(H2,19,20,21);1H. The number of hydrogen-bond acceptors (Lipinski definition) is 2. The van der Waals surface area contributed by atoms with Crippen LogP contribution in [-0.4, -0.2) is 25.5 Å². The molecule has 0 bridgehead atoms. The molecule has 0 atom stereocenters. The Labute approximate surface area is 162 Å². The van der Waals surface area contributed by atoms with Crippen molar-refractivity contribution in [1.29, 1.82) is 0 Å². The number of nitrogens with zero attached hydrogens (tertiary/aromatic N) is 1. The average molecular weight is 444 g/mol. The number of aliphatic imine (C=N–C) groups is 1. The molecule has 0 saturated heterocycles. The number of carbonyl (C=O) groups excluding carboxylic acids is 1. The molecule has 1 aliphatic carbocycles. The summed E-state index contributed by atoms with van der Waals surface area (Å²) in [5.41, 5.74) is 1.99. The summed E-state index contributed by atoms with van der Waals surface area (Å²) < 4.78 is 0. The van der Waals surface area contributed by atoms with Gasteiger partial charge in [0.1, 0.15) is 0 Å². The molecule has 1 aromatic carbocycles. The molecular formula is C18H29IN4O. The summed E-state index contributed by atoms with van der Waals surface area (Å²) in [7, 11) is 1.77. The van der Waals surface area contributed by atoms with Crippen LogP contribution in [0.3, 0.4) is 0 Å². The fraction of sp³-hybridized carbons (Fsp3) is 0.556. The molecule has 6 heteroatoms. The summed E-state index contributed by atoms with van der Waals surface area (Å²) in [6.45, 7) is 3.77. The first kappa shape index (κ1) is 20.7. The molecule has 1 aromatic rings. The minimum absolute atomic E-state index is 0. The van der Waals surface area contributed by atoms with Gasteiger partial charge in [0.2, 0.25) is 5.91 Å². The Morgan fingerprint density at radius 3 is 2.71 bits per heavy atom. The van der Waals surface area contributed by atoms with Gasteiger partial charge in [-0.2, -0.15) is 0 Å². The Morgan fingerprint density at radius 1 is 1.29 bits per heavy atom. The third-order valence-corrected chi connectivity index (χ3v) is 4.18. The van der Waals surface area contributed by atoms with Gasteiger partial charge >= 0.3 is 0 Å². The zero-order valence-electron chi connectivity index (χ0n) is 14.6. The van der Waals surface area contributed by atoms with Crippen molar-refractivity contribution < 1.29 is 4.79 Å². The summed E-state index contributed by atoms with van der Waals surface area (Å²) in [5, 5.41) is 9.60. The van der Waals surface area contributed by atoms with Crippen LogP contribution < -0.4 is 16.0 Å². The first-order valence-electron chi connectivity index (χ1n) is 8.57. The Kier molecular flexibility index (Phi) is 9.75. The van der Waals surface area contributed by atoms with Crippen molar-refractivity contribution in [3.8, 4) is 0 Å². The normalized spacial score (nSPS) is 14.3. The minimum atomic E-state index is 0. The molecular weight excluding hydrogens is 415 g/mol. The number of unbranched alkanes of at least 4 members (excludes halogenated alkanes) is 1. The summed E-state index contributed by atoms with van der Waals surface area (Å²) >= 11 is 0. The van der Waals surface area contributed by atoms with Crippen molar-refractivity contribution in [2.24, 2.45) is 10.9 Å². The molecule has 1 fully saturated rings.